The Kier molecular flexibility index (Phi) is 1.16. The zero-order valence-corrected chi connectivity index (χ0v) is 6.26. The zero-order chi connectivity index (χ0) is 7.84. The van der Waals surface area contributed by atoms with Crippen molar-refractivity contribution in [3.05, 3.63) is 18.2 Å². The maximum absolute atomic E-state index is 5.70. The smallest absolute Gasteiger partial charge is 0.0983 e. The Hall–Kier alpha value is -1.42. The number of hydrogen-bond acceptors (Lipinski definition) is 4. The van der Waals surface area contributed by atoms with Gasteiger partial charge in [-0.05, 0) is 12.1 Å². The summed E-state index contributed by atoms with van der Waals surface area (Å²) >= 11 is 0. The lowest BCUT2D eigenvalue weighted by Gasteiger charge is -2.07. The quantitative estimate of drug-likeness (QED) is 0.480. The molecule has 58 valence electrons. The molecule has 0 radical (unpaired) electrons. The van der Waals surface area contributed by atoms with Crippen LogP contribution >= 0.6 is 0 Å². The molecule has 1 aliphatic rings. The molecule has 0 amide bonds. The van der Waals surface area contributed by atoms with E-state index in [1.165, 1.54) is 0 Å². The van der Waals surface area contributed by atoms with Crippen LogP contribution in [0.3, 0.4) is 0 Å². The van der Waals surface area contributed by atoms with Gasteiger partial charge in [-0.25, -0.2) is 0 Å². The summed E-state index contributed by atoms with van der Waals surface area (Å²) in [6.07, 6.45) is 0. The molecule has 1 heterocycles. The SMILES string of the molecule is CN1Nc2cccc(N)c2N1. The maximum Gasteiger partial charge on any atom is 0.0983 e. The molecule has 11 heavy (non-hydrogen) atoms. The molecule has 0 fully saturated rings. The van der Waals surface area contributed by atoms with Crippen LogP contribution in [0.2, 0.25) is 0 Å². The Morgan fingerprint density at radius 3 is 2.91 bits per heavy atom. The topological polar surface area (TPSA) is 53.3 Å². The highest BCUT2D eigenvalue weighted by atomic mass is 15.7. The fraction of sp³-hybridized carbons (Fsp3) is 0.143. The van der Waals surface area contributed by atoms with Gasteiger partial charge in [-0.15, -0.1) is 5.12 Å². The van der Waals surface area contributed by atoms with Crippen molar-refractivity contribution in [3.8, 4) is 0 Å². The van der Waals surface area contributed by atoms with Crippen LogP contribution in [-0.4, -0.2) is 12.2 Å². The van der Waals surface area contributed by atoms with Gasteiger partial charge in [-0.3, -0.25) is 10.9 Å². The normalized spacial score (nSPS) is 15.4. The van der Waals surface area contributed by atoms with Gasteiger partial charge in [0.1, 0.15) is 0 Å². The van der Waals surface area contributed by atoms with E-state index >= 15 is 0 Å². The van der Waals surface area contributed by atoms with Crippen LogP contribution in [0.4, 0.5) is 17.1 Å². The minimum Gasteiger partial charge on any atom is -0.397 e. The van der Waals surface area contributed by atoms with E-state index in [0.717, 1.165) is 17.1 Å². The van der Waals surface area contributed by atoms with Crippen molar-refractivity contribution < 1.29 is 0 Å². The van der Waals surface area contributed by atoms with E-state index in [9.17, 15) is 0 Å². The van der Waals surface area contributed by atoms with Crippen LogP contribution in [0, 0.1) is 0 Å². The third-order valence-electron chi connectivity index (χ3n) is 1.66. The molecule has 1 aliphatic heterocycles. The lowest BCUT2D eigenvalue weighted by molar-refractivity contribution is 0.507. The monoisotopic (exact) mass is 150 g/mol. The molecule has 0 saturated heterocycles. The Bertz CT molecular complexity index is 284. The van der Waals surface area contributed by atoms with E-state index < -0.39 is 0 Å². The Labute approximate surface area is 64.9 Å². The molecule has 1 aromatic carbocycles. The summed E-state index contributed by atoms with van der Waals surface area (Å²) in [4.78, 5) is 0. The number of nitrogens with two attached hydrogens (primary N) is 1. The van der Waals surface area contributed by atoms with Crippen molar-refractivity contribution in [1.29, 1.82) is 0 Å². The molecule has 4 nitrogen and oxygen atoms in total. The molecule has 4 N–H and O–H groups in total. The highest BCUT2D eigenvalue weighted by Gasteiger charge is 2.14. The van der Waals surface area contributed by atoms with Crippen molar-refractivity contribution >= 4 is 17.1 Å². The molecule has 0 unspecified atom stereocenters. The minimum absolute atomic E-state index is 0.763. The van der Waals surface area contributed by atoms with Crippen molar-refractivity contribution in [2.24, 2.45) is 0 Å². The summed E-state index contributed by atoms with van der Waals surface area (Å²) in [5, 5.41) is 1.76. The number of hydrogen-bond donors (Lipinski definition) is 3. The molecule has 0 aliphatic carbocycles. The number of para-hydroxylation sites is 1. The Balaban J connectivity index is 2.49. The fourth-order valence-corrected chi connectivity index (χ4v) is 1.16. The first kappa shape index (κ1) is 6.30. The predicted molar refractivity (Wildman–Crippen MR) is 45.9 cm³/mol. The number of nitrogen functional groups attached to an aromatic ring is 1. The first-order valence-electron chi connectivity index (χ1n) is 3.43. The standard InChI is InChI=1S/C7H10N4/c1-11-9-6-4-2-3-5(8)7(6)10-11/h2-4,9-10H,8H2,1H3. The average Bonchev–Trinajstić information content (AvgIpc) is 2.31. The van der Waals surface area contributed by atoms with Crippen LogP contribution in [0.5, 0.6) is 0 Å². The summed E-state index contributed by atoms with van der Waals surface area (Å²) < 4.78 is 0. The second-order valence-electron chi connectivity index (χ2n) is 2.55. The van der Waals surface area contributed by atoms with Crippen LogP contribution < -0.4 is 16.6 Å². The number of fused-ring (bicyclic) bond motifs is 1. The van der Waals surface area contributed by atoms with Gasteiger partial charge in [0.15, 0.2) is 0 Å². The summed E-state index contributed by atoms with van der Waals surface area (Å²) in [7, 11) is 1.89. The van der Waals surface area contributed by atoms with Crippen LogP contribution in [0.1, 0.15) is 0 Å². The van der Waals surface area contributed by atoms with E-state index in [2.05, 4.69) is 10.9 Å². The highest BCUT2D eigenvalue weighted by molar-refractivity contribution is 5.82. The Morgan fingerprint density at radius 1 is 1.36 bits per heavy atom. The molecule has 2 rings (SSSR count). The molecule has 1 aromatic rings. The van der Waals surface area contributed by atoms with Crippen LogP contribution in [0.15, 0.2) is 18.2 Å². The number of hydrazine groups is 2. The largest absolute Gasteiger partial charge is 0.397 e. The number of rotatable bonds is 0. The van der Waals surface area contributed by atoms with Crippen molar-refractivity contribution in [2.75, 3.05) is 23.6 Å². The maximum atomic E-state index is 5.70. The summed E-state index contributed by atoms with van der Waals surface area (Å²) in [6.45, 7) is 0. The lowest BCUT2D eigenvalue weighted by Crippen LogP contribution is -2.24. The summed E-state index contributed by atoms with van der Waals surface area (Å²) in [5.74, 6) is 0. The molecule has 0 atom stereocenters. The summed E-state index contributed by atoms with van der Waals surface area (Å²) in [6, 6.07) is 5.76. The third-order valence-corrected chi connectivity index (χ3v) is 1.66. The first-order valence-corrected chi connectivity index (χ1v) is 3.43. The molecule has 0 aromatic heterocycles. The average molecular weight is 150 g/mol. The van der Waals surface area contributed by atoms with Crippen LogP contribution in [0.25, 0.3) is 0 Å². The van der Waals surface area contributed by atoms with Gasteiger partial charge in [-0.2, -0.15) is 0 Å². The molecule has 4 heteroatoms. The second kappa shape index (κ2) is 2.03. The number of anilines is 3. The molecular weight excluding hydrogens is 140 g/mol. The van der Waals surface area contributed by atoms with Gasteiger partial charge in [-0.1, -0.05) is 6.07 Å². The van der Waals surface area contributed by atoms with Gasteiger partial charge >= 0.3 is 0 Å². The molecule has 0 saturated carbocycles. The molecular formula is C7H10N4. The van der Waals surface area contributed by atoms with Gasteiger partial charge in [0, 0.05) is 7.05 Å². The minimum atomic E-state index is 0.763. The lowest BCUT2D eigenvalue weighted by atomic mass is 10.2. The van der Waals surface area contributed by atoms with Crippen molar-refractivity contribution in [3.63, 3.8) is 0 Å². The highest BCUT2D eigenvalue weighted by Crippen LogP contribution is 2.32. The second-order valence-corrected chi connectivity index (χ2v) is 2.55. The zero-order valence-electron chi connectivity index (χ0n) is 6.26. The van der Waals surface area contributed by atoms with E-state index in [-0.39, 0.29) is 0 Å². The van der Waals surface area contributed by atoms with Crippen molar-refractivity contribution in [1.82, 2.24) is 5.12 Å². The third kappa shape index (κ3) is 0.877. The van der Waals surface area contributed by atoms with Gasteiger partial charge in [0.25, 0.3) is 0 Å². The van der Waals surface area contributed by atoms with E-state index in [1.807, 2.05) is 25.2 Å². The molecule has 0 spiro atoms. The molecule has 0 bridgehead atoms. The fourth-order valence-electron chi connectivity index (χ4n) is 1.16. The van der Waals surface area contributed by atoms with Gasteiger partial charge in [0.05, 0.1) is 17.1 Å². The number of benzene rings is 1. The van der Waals surface area contributed by atoms with Gasteiger partial charge in [0.2, 0.25) is 0 Å². The van der Waals surface area contributed by atoms with Gasteiger partial charge < -0.3 is 5.73 Å². The number of nitrogens with zero attached hydrogens (tertiary/aromatic N) is 1. The van der Waals surface area contributed by atoms with E-state index in [1.54, 1.807) is 5.12 Å². The van der Waals surface area contributed by atoms with Crippen molar-refractivity contribution in [2.45, 2.75) is 0 Å². The number of nitrogens with one attached hydrogen (secondary N) is 2. The summed E-state index contributed by atoms with van der Waals surface area (Å²) in [5.41, 5.74) is 14.6. The Morgan fingerprint density at radius 2 is 2.18 bits per heavy atom. The van der Waals surface area contributed by atoms with E-state index in [0.29, 0.717) is 0 Å². The predicted octanol–water partition coefficient (Wildman–Crippen LogP) is 0.868. The van der Waals surface area contributed by atoms with Crippen LogP contribution in [-0.2, 0) is 0 Å². The van der Waals surface area contributed by atoms with E-state index in [4.69, 9.17) is 5.73 Å². The first-order chi connectivity index (χ1) is 5.27.